The van der Waals surface area contributed by atoms with Crippen molar-refractivity contribution in [3.05, 3.63) is 53.0 Å². The first-order valence-corrected chi connectivity index (χ1v) is 8.33. The monoisotopic (exact) mass is 336 g/mol. The molecule has 6 heteroatoms. The van der Waals surface area contributed by atoms with E-state index in [1.54, 1.807) is 24.3 Å². The SMILES string of the molecule is Cc1cc(OC2CCN(C(=O)c3ccc(C#N)cc3)CC2)nc(C)n1. The second-order valence-electron chi connectivity index (χ2n) is 6.19. The Morgan fingerprint density at radius 3 is 2.48 bits per heavy atom. The first-order valence-electron chi connectivity index (χ1n) is 8.33. The van der Waals surface area contributed by atoms with Crippen molar-refractivity contribution in [2.45, 2.75) is 32.8 Å². The summed E-state index contributed by atoms with van der Waals surface area (Å²) in [5, 5.41) is 8.83. The van der Waals surface area contributed by atoms with Gasteiger partial charge in [0, 0.05) is 43.3 Å². The standard InChI is InChI=1S/C19H20N4O2/c1-13-11-18(22-14(2)21-13)25-17-7-9-23(10-8-17)19(24)16-5-3-15(12-20)4-6-16/h3-6,11,17H,7-10H2,1-2H3. The topological polar surface area (TPSA) is 79.1 Å². The summed E-state index contributed by atoms with van der Waals surface area (Å²) in [6.07, 6.45) is 1.59. The summed E-state index contributed by atoms with van der Waals surface area (Å²) in [7, 11) is 0. The zero-order chi connectivity index (χ0) is 17.8. The molecule has 3 rings (SSSR count). The van der Waals surface area contributed by atoms with Crippen LogP contribution in [0.5, 0.6) is 5.88 Å². The molecule has 0 bridgehead atoms. The number of benzene rings is 1. The van der Waals surface area contributed by atoms with E-state index in [-0.39, 0.29) is 12.0 Å². The number of ether oxygens (including phenoxy) is 1. The molecule has 1 saturated heterocycles. The van der Waals surface area contributed by atoms with Crippen LogP contribution in [0.3, 0.4) is 0 Å². The third kappa shape index (κ3) is 4.13. The minimum absolute atomic E-state index is 0.00309. The van der Waals surface area contributed by atoms with E-state index >= 15 is 0 Å². The van der Waals surface area contributed by atoms with Crippen LogP contribution >= 0.6 is 0 Å². The molecule has 128 valence electrons. The van der Waals surface area contributed by atoms with Gasteiger partial charge in [-0.05, 0) is 38.1 Å². The van der Waals surface area contributed by atoms with E-state index in [9.17, 15) is 4.79 Å². The van der Waals surface area contributed by atoms with Gasteiger partial charge in [-0.25, -0.2) is 4.98 Å². The van der Waals surface area contributed by atoms with Crippen LogP contribution in [0.4, 0.5) is 0 Å². The molecule has 1 amide bonds. The smallest absolute Gasteiger partial charge is 0.253 e. The van der Waals surface area contributed by atoms with Gasteiger partial charge in [0.15, 0.2) is 0 Å². The molecule has 1 aromatic heterocycles. The lowest BCUT2D eigenvalue weighted by Gasteiger charge is -2.32. The predicted octanol–water partition coefficient (Wildman–Crippen LogP) is 2.65. The molecule has 0 saturated carbocycles. The number of nitriles is 1. The number of carbonyl (C=O) groups is 1. The fourth-order valence-electron chi connectivity index (χ4n) is 2.96. The van der Waals surface area contributed by atoms with Crippen molar-refractivity contribution in [2.24, 2.45) is 0 Å². The second-order valence-corrected chi connectivity index (χ2v) is 6.19. The maximum absolute atomic E-state index is 12.5. The fraction of sp³-hybridized carbons (Fsp3) is 0.368. The molecule has 0 N–H and O–H groups in total. The Bertz CT molecular complexity index is 783. The largest absolute Gasteiger partial charge is 0.474 e. The maximum Gasteiger partial charge on any atom is 0.253 e. The summed E-state index contributed by atoms with van der Waals surface area (Å²) >= 11 is 0. The Labute approximate surface area is 147 Å². The van der Waals surface area contributed by atoms with Crippen LogP contribution in [0.1, 0.15) is 40.3 Å². The average Bonchev–Trinajstić information content (AvgIpc) is 2.61. The van der Waals surface area contributed by atoms with E-state index in [1.807, 2.05) is 24.8 Å². The molecule has 1 aliphatic heterocycles. The fourth-order valence-corrected chi connectivity index (χ4v) is 2.96. The van der Waals surface area contributed by atoms with Crippen LogP contribution in [-0.2, 0) is 0 Å². The Hall–Kier alpha value is -2.94. The van der Waals surface area contributed by atoms with E-state index < -0.39 is 0 Å². The van der Waals surface area contributed by atoms with Crippen LogP contribution in [0.2, 0.25) is 0 Å². The van der Waals surface area contributed by atoms with E-state index in [0.717, 1.165) is 18.5 Å². The highest BCUT2D eigenvalue weighted by Gasteiger charge is 2.25. The van der Waals surface area contributed by atoms with Gasteiger partial charge >= 0.3 is 0 Å². The van der Waals surface area contributed by atoms with Crippen LogP contribution in [-0.4, -0.2) is 40.0 Å². The van der Waals surface area contributed by atoms with Gasteiger partial charge in [0.05, 0.1) is 11.6 Å². The maximum atomic E-state index is 12.5. The van der Waals surface area contributed by atoms with Gasteiger partial charge in [-0.1, -0.05) is 0 Å². The normalized spacial score (nSPS) is 14.8. The summed E-state index contributed by atoms with van der Waals surface area (Å²) in [5.74, 6) is 1.29. The number of nitrogens with zero attached hydrogens (tertiary/aromatic N) is 4. The number of aromatic nitrogens is 2. The molecule has 1 aromatic carbocycles. The molecule has 0 aliphatic carbocycles. The number of likely N-dealkylation sites (tertiary alicyclic amines) is 1. The van der Waals surface area contributed by atoms with Crippen LogP contribution < -0.4 is 4.74 Å². The quantitative estimate of drug-likeness (QED) is 0.861. The highest BCUT2D eigenvalue weighted by atomic mass is 16.5. The highest BCUT2D eigenvalue weighted by molar-refractivity contribution is 5.94. The van der Waals surface area contributed by atoms with Crippen molar-refractivity contribution in [3.63, 3.8) is 0 Å². The summed E-state index contributed by atoms with van der Waals surface area (Å²) in [4.78, 5) is 22.9. The van der Waals surface area contributed by atoms with Crippen LogP contribution in [0.15, 0.2) is 30.3 Å². The number of rotatable bonds is 3. The van der Waals surface area contributed by atoms with Crippen LogP contribution in [0.25, 0.3) is 0 Å². The first kappa shape index (κ1) is 16.9. The summed E-state index contributed by atoms with van der Waals surface area (Å²) in [6, 6.07) is 10.6. The summed E-state index contributed by atoms with van der Waals surface area (Å²) in [5.41, 5.74) is 2.05. The van der Waals surface area contributed by atoms with Crippen LogP contribution in [0, 0.1) is 25.2 Å². The lowest BCUT2D eigenvalue weighted by Crippen LogP contribution is -2.41. The number of carbonyl (C=O) groups excluding carboxylic acids is 1. The van der Waals surface area contributed by atoms with Gasteiger partial charge < -0.3 is 9.64 Å². The van der Waals surface area contributed by atoms with Gasteiger partial charge in [0.2, 0.25) is 5.88 Å². The van der Waals surface area contributed by atoms with Crippen molar-refractivity contribution >= 4 is 5.91 Å². The number of piperidine rings is 1. The van der Waals surface area contributed by atoms with Gasteiger partial charge in [0.1, 0.15) is 11.9 Å². The van der Waals surface area contributed by atoms with Crippen molar-refractivity contribution in [1.82, 2.24) is 14.9 Å². The average molecular weight is 336 g/mol. The zero-order valence-electron chi connectivity index (χ0n) is 14.4. The van der Waals surface area contributed by atoms with Gasteiger partial charge in [0.25, 0.3) is 5.91 Å². The van der Waals surface area contributed by atoms with E-state index in [1.165, 1.54) is 0 Å². The zero-order valence-corrected chi connectivity index (χ0v) is 14.4. The molecular formula is C19H20N4O2. The number of amides is 1. The number of aryl methyl sites for hydroxylation is 2. The van der Waals surface area contributed by atoms with Gasteiger partial charge in [-0.2, -0.15) is 10.2 Å². The molecule has 0 unspecified atom stereocenters. The van der Waals surface area contributed by atoms with E-state index in [2.05, 4.69) is 16.0 Å². The Morgan fingerprint density at radius 1 is 1.20 bits per heavy atom. The third-order valence-electron chi connectivity index (χ3n) is 4.22. The highest BCUT2D eigenvalue weighted by Crippen LogP contribution is 2.19. The summed E-state index contributed by atoms with van der Waals surface area (Å²) in [6.45, 7) is 5.05. The molecule has 0 spiro atoms. The molecule has 0 radical (unpaired) electrons. The molecule has 2 aromatic rings. The lowest BCUT2D eigenvalue weighted by molar-refractivity contribution is 0.0587. The Kier molecular flexibility index (Phi) is 4.94. The van der Waals surface area contributed by atoms with E-state index in [0.29, 0.717) is 35.9 Å². The summed E-state index contributed by atoms with van der Waals surface area (Å²) < 4.78 is 5.96. The predicted molar refractivity (Wildman–Crippen MR) is 92.2 cm³/mol. The molecule has 0 atom stereocenters. The van der Waals surface area contributed by atoms with Crippen molar-refractivity contribution < 1.29 is 9.53 Å². The first-order chi connectivity index (χ1) is 12.0. The molecular weight excluding hydrogens is 316 g/mol. The molecule has 1 aliphatic rings. The van der Waals surface area contributed by atoms with Gasteiger partial charge in [-0.15, -0.1) is 0 Å². The Morgan fingerprint density at radius 2 is 1.88 bits per heavy atom. The minimum Gasteiger partial charge on any atom is -0.474 e. The molecule has 2 heterocycles. The third-order valence-corrected chi connectivity index (χ3v) is 4.22. The number of hydrogen-bond donors (Lipinski definition) is 0. The lowest BCUT2D eigenvalue weighted by atomic mass is 10.1. The molecule has 25 heavy (non-hydrogen) atoms. The molecule has 1 fully saturated rings. The number of hydrogen-bond acceptors (Lipinski definition) is 5. The van der Waals surface area contributed by atoms with Crippen molar-refractivity contribution in [3.8, 4) is 11.9 Å². The van der Waals surface area contributed by atoms with Crippen molar-refractivity contribution in [1.29, 1.82) is 5.26 Å². The Balaban J connectivity index is 1.57. The minimum atomic E-state index is -0.00309. The van der Waals surface area contributed by atoms with Gasteiger partial charge in [-0.3, -0.25) is 4.79 Å². The van der Waals surface area contributed by atoms with E-state index in [4.69, 9.17) is 10.00 Å². The second kappa shape index (κ2) is 7.31. The van der Waals surface area contributed by atoms with Crippen molar-refractivity contribution in [2.75, 3.05) is 13.1 Å². The molecule has 6 nitrogen and oxygen atoms in total.